The number of carbonyl (C=O) groups is 3. The quantitative estimate of drug-likeness (QED) is 0.0709. The van der Waals surface area contributed by atoms with E-state index in [0.717, 1.165) is 29.7 Å². The molecule has 2 saturated heterocycles. The number of phosphoric ester groups is 2. The van der Waals surface area contributed by atoms with Crippen molar-refractivity contribution in [3.63, 3.8) is 0 Å². The number of carboxylic acids is 1. The third-order valence-electron chi connectivity index (χ3n) is 8.45. The van der Waals surface area contributed by atoms with E-state index in [2.05, 4.69) is 19.3 Å². The van der Waals surface area contributed by atoms with E-state index in [9.17, 15) is 58.8 Å². The van der Waals surface area contributed by atoms with Gasteiger partial charge >= 0.3 is 21.6 Å². The lowest BCUT2D eigenvalue weighted by Gasteiger charge is -2.32. The molecular weight excluding hydrogens is 774 g/mol. The van der Waals surface area contributed by atoms with Crippen molar-refractivity contribution < 1.29 is 86.8 Å². The summed E-state index contributed by atoms with van der Waals surface area (Å²) in [6.45, 7) is -2.01. The third-order valence-corrected chi connectivity index (χ3v) is 11.0. The van der Waals surface area contributed by atoms with E-state index in [-0.39, 0.29) is 17.0 Å². The summed E-state index contributed by atoms with van der Waals surface area (Å²) in [5.41, 5.74) is 16.4. The minimum Gasteiger partial charge on any atom is -0.480 e. The lowest BCUT2D eigenvalue weighted by molar-refractivity contribution is -0.141. The standard InChI is InChI=1S/C26H36N8O18P2/c27-11(26(42)43)3-12(35)16(36)9-1-2-33(4-10(9)22(29)41)24-19(39)17(37)13(50-24)5-48-53(44,45)52-54(46,47)49-6-14-18(38)20(40)25(51-14)34-8-32-15-21(28)30-7-31-23(15)34/h1-2,4,7-9,11,13-14,16-20,24-25,36-40H,3,5-6,27H2,(H2,29,41)(H,42,43)(H,44,45)(H,46,47)(H2,28,30,31)/t9-,11-,13+,14+,16-,17+,18+,19+,20+,24+,25+/m0/s1. The van der Waals surface area contributed by atoms with Gasteiger partial charge in [-0.3, -0.25) is 28.0 Å². The average molecular weight is 811 g/mol. The Hall–Kier alpha value is -3.82. The van der Waals surface area contributed by atoms with Crippen molar-refractivity contribution in [3.05, 3.63) is 36.7 Å². The summed E-state index contributed by atoms with van der Waals surface area (Å²) < 4.78 is 51.1. The molecule has 13 atom stereocenters. The Balaban J connectivity index is 1.15. The Bertz CT molecular complexity index is 1910. The van der Waals surface area contributed by atoms with Gasteiger partial charge in [0, 0.05) is 30.3 Å². The summed E-state index contributed by atoms with van der Waals surface area (Å²) in [6.07, 6.45) is -10.2. The Labute approximate surface area is 302 Å². The fraction of sp³-hybridized carbons (Fsp3) is 0.538. The number of nitrogen functional groups attached to an aromatic ring is 1. The molecule has 54 heavy (non-hydrogen) atoms. The number of anilines is 1. The van der Waals surface area contributed by atoms with E-state index in [1.54, 1.807) is 0 Å². The first-order valence-electron chi connectivity index (χ1n) is 15.5. The number of primary amides is 1. The number of fused-ring (bicyclic) bond motifs is 1. The normalized spacial score (nSPS) is 31.8. The number of aliphatic hydroxyl groups is 5. The van der Waals surface area contributed by atoms with E-state index in [1.165, 1.54) is 10.9 Å². The van der Waals surface area contributed by atoms with Gasteiger partial charge in [-0.15, -0.1) is 0 Å². The minimum absolute atomic E-state index is 0.0194. The molecule has 0 spiro atoms. The number of amides is 1. The summed E-state index contributed by atoms with van der Waals surface area (Å²) in [7, 11) is -11.0. The average Bonchev–Trinajstić information content (AvgIpc) is 3.75. The molecule has 2 unspecified atom stereocenters. The molecule has 0 aromatic carbocycles. The van der Waals surface area contributed by atoms with Crippen LogP contribution in [0.3, 0.4) is 0 Å². The fourth-order valence-electron chi connectivity index (χ4n) is 5.65. The predicted molar refractivity (Wildman–Crippen MR) is 172 cm³/mol. The number of carboxylic acid groups (broad SMARTS) is 1. The highest BCUT2D eigenvalue weighted by atomic mass is 31.3. The first-order chi connectivity index (χ1) is 25.2. The van der Waals surface area contributed by atoms with Gasteiger partial charge in [-0.05, 0) is 0 Å². The first-order valence-corrected chi connectivity index (χ1v) is 18.5. The number of ketones is 1. The summed E-state index contributed by atoms with van der Waals surface area (Å²) >= 11 is 0. The molecule has 5 heterocycles. The van der Waals surface area contributed by atoms with Crippen molar-refractivity contribution >= 4 is 50.3 Å². The molecule has 0 bridgehead atoms. The number of Topliss-reactive ketones (excluding diaryl/α,β-unsaturated/α-hetero) is 1. The molecule has 28 heteroatoms. The van der Waals surface area contributed by atoms with Crippen LogP contribution >= 0.6 is 15.6 Å². The van der Waals surface area contributed by atoms with Crippen molar-refractivity contribution in [3.8, 4) is 0 Å². The Morgan fingerprint density at radius 2 is 1.50 bits per heavy atom. The van der Waals surface area contributed by atoms with E-state index in [0.29, 0.717) is 0 Å². The largest absolute Gasteiger partial charge is 0.481 e. The number of phosphoric acid groups is 2. The number of aliphatic carboxylic acids is 1. The van der Waals surface area contributed by atoms with Crippen LogP contribution in [0.25, 0.3) is 11.2 Å². The van der Waals surface area contributed by atoms with Gasteiger partial charge in [-0.2, -0.15) is 4.31 Å². The summed E-state index contributed by atoms with van der Waals surface area (Å²) in [4.78, 5) is 68.7. The van der Waals surface area contributed by atoms with Crippen molar-refractivity contribution in [1.82, 2.24) is 24.4 Å². The molecular formula is C26H36N8O18P2. The second-order valence-corrected chi connectivity index (χ2v) is 15.2. The maximum absolute atomic E-state index is 12.6. The number of aliphatic hydroxyl groups excluding tert-OH is 5. The van der Waals surface area contributed by atoms with Crippen LogP contribution in [0.1, 0.15) is 12.6 Å². The zero-order valence-electron chi connectivity index (χ0n) is 27.4. The molecule has 0 radical (unpaired) electrons. The molecule has 26 nitrogen and oxygen atoms in total. The Kier molecular flexibility index (Phi) is 12.3. The number of ether oxygens (including phenoxy) is 2. The number of nitrogens with zero attached hydrogens (tertiary/aromatic N) is 5. The molecule has 1 amide bonds. The van der Waals surface area contributed by atoms with Gasteiger partial charge in [-0.1, -0.05) is 6.08 Å². The highest BCUT2D eigenvalue weighted by molar-refractivity contribution is 7.61. The molecule has 2 aromatic rings. The number of carbonyl (C=O) groups excluding carboxylic acids is 2. The van der Waals surface area contributed by atoms with E-state index in [1.807, 2.05) is 0 Å². The van der Waals surface area contributed by atoms with Crippen LogP contribution in [0.5, 0.6) is 0 Å². The zero-order chi connectivity index (χ0) is 39.9. The lowest BCUT2D eigenvalue weighted by Crippen LogP contribution is -2.44. The van der Waals surface area contributed by atoms with Crippen molar-refractivity contribution in [2.75, 3.05) is 18.9 Å². The van der Waals surface area contributed by atoms with Crippen LogP contribution in [-0.4, -0.2) is 151 Å². The van der Waals surface area contributed by atoms with E-state index in [4.69, 9.17) is 40.8 Å². The zero-order valence-corrected chi connectivity index (χ0v) is 29.2. The number of aromatic nitrogens is 4. The van der Waals surface area contributed by atoms with Gasteiger partial charge < -0.3 is 72.0 Å². The van der Waals surface area contributed by atoms with Gasteiger partial charge in [0.05, 0.1) is 19.5 Å². The molecule has 0 aliphatic carbocycles. The molecule has 3 aliphatic rings. The SMILES string of the molecule is NC(=O)C1=CN([C@@H]2O[C@H](COP(=O)(O)OP(=O)(O)OC[C@H]3O[C@@H](n4cnc5c(N)ncnc54)[C@H](O)[C@@H]3O)[C@@H](O)[C@H]2O)C=C[C@@H]1[C@H](O)C(=O)C[C@H](N)C(=O)O. The molecule has 0 saturated carbocycles. The van der Waals surface area contributed by atoms with E-state index >= 15 is 0 Å². The summed E-state index contributed by atoms with van der Waals surface area (Å²) in [6, 6.07) is -1.63. The summed E-state index contributed by atoms with van der Waals surface area (Å²) in [5.74, 6) is -5.01. The molecule has 298 valence electrons. The van der Waals surface area contributed by atoms with Crippen molar-refractivity contribution in [2.24, 2.45) is 17.4 Å². The highest BCUT2D eigenvalue weighted by Gasteiger charge is 2.49. The number of imidazole rings is 1. The second-order valence-electron chi connectivity index (χ2n) is 12.1. The van der Waals surface area contributed by atoms with Crippen molar-refractivity contribution in [1.29, 1.82) is 0 Å². The Morgan fingerprint density at radius 1 is 0.926 bits per heavy atom. The van der Waals surface area contributed by atoms with Crippen LogP contribution in [0, 0.1) is 5.92 Å². The topological polar surface area (TPSA) is 418 Å². The number of nitrogens with two attached hydrogens (primary N) is 3. The fourth-order valence-corrected chi connectivity index (χ4v) is 7.74. The van der Waals surface area contributed by atoms with Gasteiger partial charge in [0.15, 0.2) is 29.7 Å². The van der Waals surface area contributed by atoms with E-state index < -0.39 is 126 Å². The number of hydrogen-bond acceptors (Lipinski definition) is 21. The Morgan fingerprint density at radius 3 is 2.07 bits per heavy atom. The van der Waals surface area contributed by atoms with Crippen LogP contribution in [0.15, 0.2) is 36.7 Å². The van der Waals surface area contributed by atoms with Crippen LogP contribution in [-0.2, 0) is 46.3 Å². The summed E-state index contributed by atoms with van der Waals surface area (Å²) in [5, 5.41) is 61.6. The van der Waals surface area contributed by atoms with Crippen LogP contribution < -0.4 is 17.2 Å². The monoisotopic (exact) mass is 810 g/mol. The highest BCUT2D eigenvalue weighted by Crippen LogP contribution is 2.60. The maximum Gasteiger partial charge on any atom is 0.481 e. The molecule has 2 fully saturated rings. The molecule has 14 N–H and O–H groups in total. The predicted octanol–water partition coefficient (Wildman–Crippen LogP) is -4.73. The smallest absolute Gasteiger partial charge is 0.480 e. The molecule has 5 rings (SSSR count). The van der Waals surface area contributed by atoms with Crippen LogP contribution in [0.4, 0.5) is 5.82 Å². The molecule has 3 aliphatic heterocycles. The van der Waals surface area contributed by atoms with Gasteiger partial charge in [0.2, 0.25) is 5.91 Å². The van der Waals surface area contributed by atoms with Crippen LogP contribution in [0.2, 0.25) is 0 Å². The maximum atomic E-state index is 12.6. The third kappa shape index (κ3) is 8.83. The molecule has 2 aromatic heterocycles. The van der Waals surface area contributed by atoms with Crippen molar-refractivity contribution in [2.45, 2.75) is 67.6 Å². The van der Waals surface area contributed by atoms with Gasteiger partial charge in [0.1, 0.15) is 60.6 Å². The lowest BCUT2D eigenvalue weighted by atomic mass is 9.87. The number of rotatable bonds is 16. The van der Waals surface area contributed by atoms with Gasteiger partial charge in [-0.25, -0.2) is 24.1 Å². The number of hydrogen-bond donors (Lipinski definition) is 11. The second kappa shape index (κ2) is 16.1. The first kappa shape index (κ1) is 41.3. The minimum atomic E-state index is -5.51. The van der Waals surface area contributed by atoms with Gasteiger partial charge in [0.25, 0.3) is 0 Å².